The maximum Gasteiger partial charge on any atom is 0.333 e. The number of hydrazine groups is 1. The van der Waals surface area contributed by atoms with Crippen LogP contribution in [0.3, 0.4) is 0 Å². The van der Waals surface area contributed by atoms with Crippen LogP contribution in [0.5, 0.6) is 0 Å². The molecule has 1 aliphatic rings. The summed E-state index contributed by atoms with van der Waals surface area (Å²) in [6.45, 7) is 4.23. The minimum absolute atomic E-state index is 0.156. The summed E-state index contributed by atoms with van der Waals surface area (Å²) in [5.41, 5.74) is 4.87. The van der Waals surface area contributed by atoms with Crippen LogP contribution >= 0.6 is 0 Å². The Morgan fingerprint density at radius 2 is 1.83 bits per heavy atom. The van der Waals surface area contributed by atoms with Gasteiger partial charge in [0.25, 0.3) is 11.5 Å². The number of hydrogen-bond acceptors (Lipinski definition) is 5. The molecule has 1 aromatic carbocycles. The van der Waals surface area contributed by atoms with Crippen LogP contribution in [0.2, 0.25) is 0 Å². The second kappa shape index (κ2) is 10.5. The van der Waals surface area contributed by atoms with Gasteiger partial charge in [-0.3, -0.25) is 29.8 Å². The minimum Gasteiger partial charge on any atom is -0.324 e. The van der Waals surface area contributed by atoms with Gasteiger partial charge in [-0.1, -0.05) is 56.3 Å². The van der Waals surface area contributed by atoms with E-state index in [9.17, 15) is 19.2 Å². The van der Waals surface area contributed by atoms with Gasteiger partial charge < -0.3 is 4.57 Å². The van der Waals surface area contributed by atoms with E-state index in [-0.39, 0.29) is 41.9 Å². The number of imidazole rings is 1. The molecule has 0 aliphatic heterocycles. The van der Waals surface area contributed by atoms with Gasteiger partial charge in [0, 0.05) is 13.0 Å². The van der Waals surface area contributed by atoms with Gasteiger partial charge in [0.05, 0.1) is 12.9 Å². The normalized spacial score (nSPS) is 15.1. The zero-order valence-electron chi connectivity index (χ0n) is 19.9. The molecule has 0 spiro atoms. The Bertz CT molecular complexity index is 1370. The number of carbonyl (C=O) groups excluding carboxylic acids is 2. The van der Waals surface area contributed by atoms with Crippen molar-refractivity contribution in [2.75, 3.05) is 0 Å². The van der Waals surface area contributed by atoms with Crippen LogP contribution in [0.1, 0.15) is 38.7 Å². The lowest BCUT2D eigenvalue weighted by Gasteiger charge is -2.14. The molecule has 10 heteroatoms. The molecule has 35 heavy (non-hydrogen) atoms. The predicted octanol–water partition coefficient (Wildman–Crippen LogP) is 1.57. The Kier molecular flexibility index (Phi) is 7.28. The van der Waals surface area contributed by atoms with E-state index in [0.717, 1.165) is 23.0 Å². The lowest BCUT2D eigenvalue weighted by atomic mass is 10.1. The Morgan fingerprint density at radius 3 is 2.51 bits per heavy atom. The van der Waals surface area contributed by atoms with Gasteiger partial charge in [0.2, 0.25) is 5.91 Å². The Balaban J connectivity index is 1.62. The number of amides is 2. The molecule has 0 saturated carbocycles. The lowest BCUT2D eigenvalue weighted by Crippen LogP contribution is -2.48. The third kappa shape index (κ3) is 5.59. The SMILES string of the molecule is CC(C)Cn1cnc2c1c(=O)n(CC(=O)NNC(=O)C[C@@H]1C=CCC1)c(=O)n2Cc1ccccc1. The number of nitrogens with one attached hydrogen (secondary N) is 2. The first-order valence-electron chi connectivity index (χ1n) is 11.8. The fraction of sp³-hybridized carbons (Fsp3) is 0.400. The van der Waals surface area contributed by atoms with Crippen molar-refractivity contribution in [2.45, 2.75) is 52.7 Å². The molecule has 1 aliphatic carbocycles. The third-order valence-corrected chi connectivity index (χ3v) is 5.93. The highest BCUT2D eigenvalue weighted by atomic mass is 16.2. The molecule has 0 radical (unpaired) electrons. The highest BCUT2D eigenvalue weighted by Gasteiger charge is 2.21. The van der Waals surface area contributed by atoms with E-state index in [1.165, 1.54) is 4.57 Å². The zero-order valence-corrected chi connectivity index (χ0v) is 19.9. The Morgan fingerprint density at radius 1 is 1.09 bits per heavy atom. The summed E-state index contributed by atoms with van der Waals surface area (Å²) in [5.74, 6) is -0.597. The van der Waals surface area contributed by atoms with Crippen molar-refractivity contribution < 1.29 is 9.59 Å². The molecule has 2 aromatic heterocycles. The van der Waals surface area contributed by atoms with E-state index in [1.807, 2.05) is 56.3 Å². The fourth-order valence-corrected chi connectivity index (χ4v) is 4.30. The van der Waals surface area contributed by atoms with Gasteiger partial charge in [-0.15, -0.1) is 0 Å². The molecule has 184 valence electrons. The summed E-state index contributed by atoms with van der Waals surface area (Å²) in [6.07, 6.45) is 7.69. The van der Waals surface area contributed by atoms with Crippen LogP contribution in [0.15, 0.2) is 58.4 Å². The first kappa shape index (κ1) is 24.2. The summed E-state index contributed by atoms with van der Waals surface area (Å²) < 4.78 is 4.01. The maximum atomic E-state index is 13.3. The molecule has 2 heterocycles. The van der Waals surface area contributed by atoms with Crippen molar-refractivity contribution in [3.05, 3.63) is 75.2 Å². The van der Waals surface area contributed by atoms with Crippen LogP contribution in [-0.2, 0) is 29.2 Å². The average molecular weight is 479 g/mol. The van der Waals surface area contributed by atoms with Crippen LogP contribution < -0.4 is 22.1 Å². The minimum atomic E-state index is -0.667. The molecule has 0 unspecified atom stereocenters. The summed E-state index contributed by atoms with van der Waals surface area (Å²) in [5, 5.41) is 0. The highest BCUT2D eigenvalue weighted by Crippen LogP contribution is 2.19. The number of benzene rings is 1. The molecule has 0 bridgehead atoms. The number of nitrogens with zero attached hydrogens (tertiary/aromatic N) is 4. The molecule has 3 aromatic rings. The molecule has 10 nitrogen and oxygen atoms in total. The van der Waals surface area contributed by atoms with Crippen molar-refractivity contribution in [2.24, 2.45) is 11.8 Å². The zero-order chi connectivity index (χ0) is 24.9. The topological polar surface area (TPSA) is 120 Å². The van der Waals surface area contributed by atoms with Gasteiger partial charge >= 0.3 is 5.69 Å². The number of fused-ring (bicyclic) bond motifs is 1. The van der Waals surface area contributed by atoms with Gasteiger partial charge in [0.1, 0.15) is 6.54 Å². The first-order chi connectivity index (χ1) is 16.8. The number of aromatic nitrogens is 4. The van der Waals surface area contributed by atoms with Gasteiger partial charge in [-0.2, -0.15) is 0 Å². The van der Waals surface area contributed by atoms with Crippen molar-refractivity contribution in [3.63, 3.8) is 0 Å². The molecular weight excluding hydrogens is 448 g/mol. The van der Waals surface area contributed by atoms with E-state index in [1.54, 1.807) is 10.9 Å². The molecule has 4 rings (SSSR count). The number of rotatable bonds is 8. The van der Waals surface area contributed by atoms with E-state index < -0.39 is 23.7 Å². The third-order valence-electron chi connectivity index (χ3n) is 5.93. The van der Waals surface area contributed by atoms with Gasteiger partial charge in [0.15, 0.2) is 11.2 Å². The molecule has 2 amide bonds. The van der Waals surface area contributed by atoms with Crippen LogP contribution in [0, 0.1) is 11.8 Å². The standard InChI is InChI=1S/C25H30N6O4/c1-17(2)13-29-16-26-23-22(29)24(34)31(25(35)30(23)14-19-10-4-3-5-11-19)15-21(33)28-27-20(32)12-18-8-6-7-9-18/h3-6,8,10-11,16-18H,7,9,12-15H2,1-2H3,(H,27,32)(H,28,33)/t18-/m1/s1. The maximum absolute atomic E-state index is 13.3. The van der Waals surface area contributed by atoms with Crippen LogP contribution in [0.4, 0.5) is 0 Å². The molecule has 1 atom stereocenters. The monoisotopic (exact) mass is 478 g/mol. The number of carbonyl (C=O) groups is 2. The van der Waals surface area contributed by atoms with Crippen molar-refractivity contribution in [3.8, 4) is 0 Å². The van der Waals surface area contributed by atoms with E-state index in [0.29, 0.717) is 6.54 Å². The molecule has 0 saturated heterocycles. The predicted molar refractivity (Wildman–Crippen MR) is 131 cm³/mol. The molecule has 2 N–H and O–H groups in total. The smallest absolute Gasteiger partial charge is 0.324 e. The summed E-state index contributed by atoms with van der Waals surface area (Å²) in [4.78, 5) is 55.8. The average Bonchev–Trinajstić information content (AvgIpc) is 3.48. The Hall–Kier alpha value is -3.95. The Labute approximate surface area is 202 Å². The fourth-order valence-electron chi connectivity index (χ4n) is 4.30. The second-order valence-corrected chi connectivity index (χ2v) is 9.27. The van der Waals surface area contributed by atoms with Crippen molar-refractivity contribution in [1.29, 1.82) is 0 Å². The second-order valence-electron chi connectivity index (χ2n) is 9.27. The summed E-state index contributed by atoms with van der Waals surface area (Å²) in [6, 6.07) is 9.36. The van der Waals surface area contributed by atoms with E-state index in [2.05, 4.69) is 15.8 Å². The summed E-state index contributed by atoms with van der Waals surface area (Å²) >= 11 is 0. The van der Waals surface area contributed by atoms with E-state index in [4.69, 9.17) is 0 Å². The van der Waals surface area contributed by atoms with Gasteiger partial charge in [-0.25, -0.2) is 14.3 Å². The largest absolute Gasteiger partial charge is 0.333 e. The van der Waals surface area contributed by atoms with Gasteiger partial charge in [-0.05, 0) is 30.2 Å². The molecule has 0 fully saturated rings. The van der Waals surface area contributed by atoms with Crippen LogP contribution in [-0.4, -0.2) is 30.5 Å². The molecular formula is C25H30N6O4. The first-order valence-corrected chi connectivity index (χ1v) is 11.8. The number of allylic oxidation sites excluding steroid dienone is 2. The lowest BCUT2D eigenvalue weighted by molar-refractivity contribution is -0.129. The van der Waals surface area contributed by atoms with Crippen molar-refractivity contribution >= 4 is 23.0 Å². The van der Waals surface area contributed by atoms with Crippen LogP contribution in [0.25, 0.3) is 11.2 Å². The van der Waals surface area contributed by atoms with E-state index >= 15 is 0 Å². The quantitative estimate of drug-likeness (QED) is 0.376. The highest BCUT2D eigenvalue weighted by molar-refractivity contribution is 5.82. The summed E-state index contributed by atoms with van der Waals surface area (Å²) in [7, 11) is 0. The van der Waals surface area contributed by atoms with Crippen molar-refractivity contribution in [1.82, 2.24) is 29.5 Å². The number of hydrogen-bond donors (Lipinski definition) is 2.